The van der Waals surface area contributed by atoms with Crippen molar-refractivity contribution < 1.29 is 9.05 Å². The molecule has 0 radical (unpaired) electrons. The molecule has 0 rings (SSSR count). The van der Waals surface area contributed by atoms with Crippen LogP contribution in [0, 0.1) is 5.92 Å². The maximum Gasteiger partial charge on any atom is 0.0839 e. The van der Waals surface area contributed by atoms with E-state index in [4.69, 9.17) is 9.05 Å². The van der Waals surface area contributed by atoms with Crippen molar-refractivity contribution in [1.29, 1.82) is 0 Å². The van der Waals surface area contributed by atoms with Crippen molar-refractivity contribution in [2.45, 2.75) is 46.3 Å². The lowest BCUT2D eigenvalue weighted by atomic mass is 9.96. The molecule has 10 heteroatoms. The molecule has 22 heavy (non-hydrogen) atoms. The Balaban J connectivity index is 4.80. The summed E-state index contributed by atoms with van der Waals surface area (Å²) in [5, 5.41) is 0. The molecule has 0 aromatic heterocycles. The van der Waals surface area contributed by atoms with E-state index >= 15 is 0 Å². The van der Waals surface area contributed by atoms with Crippen molar-refractivity contribution in [3.05, 3.63) is 23.8 Å². The third-order valence-electron chi connectivity index (χ3n) is 2.90. The summed E-state index contributed by atoms with van der Waals surface area (Å²) in [4.78, 5) is 0. The molecular weight excluding hydrogens is 424 g/mol. The zero-order valence-corrected chi connectivity index (χ0v) is 22.1. The number of hydrogen-bond donors (Lipinski definition) is 0. The zero-order chi connectivity index (χ0) is 17.1. The van der Waals surface area contributed by atoms with Gasteiger partial charge in [0.15, 0.2) is 0 Å². The molecule has 0 amide bonds. The highest BCUT2D eigenvalue weighted by Crippen LogP contribution is 2.68. The van der Waals surface area contributed by atoms with Gasteiger partial charge in [0.25, 0.3) is 0 Å². The smallest absolute Gasteiger partial charge is 0.0839 e. The van der Waals surface area contributed by atoms with Gasteiger partial charge in [-0.3, -0.25) is 0 Å². The van der Waals surface area contributed by atoms with Crippen LogP contribution in [0.2, 0.25) is 0 Å². The zero-order valence-electron chi connectivity index (χ0n) is 13.7. The quantitative estimate of drug-likeness (QED) is 0.238. The Morgan fingerprint density at radius 2 is 1.68 bits per heavy atom. The second-order valence-electron chi connectivity index (χ2n) is 5.02. The van der Waals surface area contributed by atoms with E-state index in [1.807, 2.05) is 6.92 Å². The minimum Gasteiger partial charge on any atom is -0.348 e. The van der Waals surface area contributed by atoms with E-state index in [1.165, 1.54) is 5.57 Å². The lowest BCUT2D eigenvalue weighted by molar-refractivity contribution is 0.153. The molecule has 0 saturated heterocycles. The highest BCUT2D eigenvalue weighted by Gasteiger charge is 2.21. The Hall–Kier alpha value is 2.84. The summed E-state index contributed by atoms with van der Waals surface area (Å²) < 4.78 is 12.3. The van der Waals surface area contributed by atoms with Crippen molar-refractivity contribution in [2.75, 3.05) is 0 Å². The SMILES string of the molecule is C/C=C/C(C)=C/[C@H](OP(P)PP)[C@@H](C)C[C@H](C)OP(P)PP. The summed E-state index contributed by atoms with van der Waals surface area (Å²) in [7, 11) is 11.9. The van der Waals surface area contributed by atoms with Gasteiger partial charge in [-0.25, -0.2) is 0 Å². The minimum atomic E-state index is -0.439. The first-order valence-corrected chi connectivity index (χ1v) is 20.1. The Bertz CT molecular complexity index is 352. The first kappa shape index (κ1) is 24.8. The minimum absolute atomic E-state index is 0.146. The van der Waals surface area contributed by atoms with Crippen LogP contribution < -0.4 is 0 Å². The summed E-state index contributed by atoms with van der Waals surface area (Å²) in [6, 6.07) is 0. The second kappa shape index (κ2) is 15.0. The summed E-state index contributed by atoms with van der Waals surface area (Å²) in [5.74, 6) is 0.434. The fraction of sp³-hybridized carbons (Fsp3) is 0.667. The van der Waals surface area contributed by atoms with Crippen LogP contribution in [0.3, 0.4) is 0 Å². The van der Waals surface area contributed by atoms with Crippen LogP contribution in [0.25, 0.3) is 0 Å². The number of hydrogen-bond acceptors (Lipinski definition) is 2. The van der Waals surface area contributed by atoms with Crippen molar-refractivity contribution in [1.82, 2.24) is 0 Å². The largest absolute Gasteiger partial charge is 0.348 e. The second-order valence-corrected chi connectivity index (χ2v) is 22.0. The van der Waals surface area contributed by atoms with Crippen molar-refractivity contribution in [3.63, 3.8) is 0 Å². The number of rotatable bonds is 11. The summed E-state index contributed by atoms with van der Waals surface area (Å²) >= 11 is 0. The molecule has 0 N–H and O–H groups in total. The molecule has 0 aliphatic rings. The van der Waals surface area contributed by atoms with Crippen LogP contribution in [0.5, 0.6) is 0 Å². The monoisotopic (exact) mass is 454 g/mol. The van der Waals surface area contributed by atoms with Crippen molar-refractivity contribution in [3.8, 4) is 0 Å². The van der Waals surface area contributed by atoms with E-state index in [2.05, 4.69) is 74.7 Å². The molecule has 2 nitrogen and oxygen atoms in total. The molecule has 0 aliphatic heterocycles. The maximum absolute atomic E-state index is 6.26. The first-order valence-electron chi connectivity index (χ1n) is 7.00. The average molecular weight is 454 g/mol. The molecule has 0 bridgehead atoms. The van der Waals surface area contributed by atoms with Crippen molar-refractivity contribution >= 4 is 66.7 Å². The molecular formula is C12H30O2P8. The Labute approximate surface area is 151 Å². The average Bonchev–Trinajstić information content (AvgIpc) is 2.46. The third kappa shape index (κ3) is 12.2. The van der Waals surface area contributed by atoms with Gasteiger partial charge in [-0.1, -0.05) is 48.6 Å². The van der Waals surface area contributed by atoms with Crippen molar-refractivity contribution in [2.24, 2.45) is 5.92 Å². The van der Waals surface area contributed by atoms with Crippen LogP contribution in [0.4, 0.5) is 0 Å². The van der Waals surface area contributed by atoms with Crippen LogP contribution in [0.15, 0.2) is 23.8 Å². The van der Waals surface area contributed by atoms with E-state index in [0.29, 0.717) is 5.92 Å². The molecule has 0 saturated carbocycles. The summed E-state index contributed by atoms with van der Waals surface area (Å²) in [6.45, 7) is 8.61. The van der Waals surface area contributed by atoms with Gasteiger partial charge in [-0.05, 0) is 49.0 Å². The topological polar surface area (TPSA) is 18.5 Å². The van der Waals surface area contributed by atoms with Gasteiger partial charge < -0.3 is 9.05 Å². The van der Waals surface area contributed by atoms with Gasteiger partial charge >= 0.3 is 0 Å². The third-order valence-corrected chi connectivity index (χ3v) is 20.0. The molecule has 0 aromatic rings. The molecule has 8 unspecified atom stereocenters. The van der Waals surface area contributed by atoms with Gasteiger partial charge in [-0.15, -0.1) is 17.9 Å². The lowest BCUT2D eigenvalue weighted by Gasteiger charge is -2.27. The van der Waals surface area contributed by atoms with Gasteiger partial charge in [0.1, 0.15) is 0 Å². The Morgan fingerprint density at radius 1 is 1.14 bits per heavy atom. The normalized spacial score (nSPS) is 21.0. The predicted molar refractivity (Wildman–Crippen MR) is 127 cm³/mol. The molecule has 0 aliphatic carbocycles. The standard InChI is InChI=1S/C12H30O2P8/c1-5-6-9(2)7-12(14-22(18)20-16)10(3)8-11(4)13-21(17)19-15/h5-7,10-12,19-20H,8,15-18H2,1-4H3/b6-5+,9-7+/t10-,11-,12-,21?,22?/m0/s1. The molecule has 0 heterocycles. The van der Waals surface area contributed by atoms with Gasteiger partial charge in [0.05, 0.1) is 27.3 Å². The fourth-order valence-corrected chi connectivity index (χ4v) is 6.50. The Kier molecular flexibility index (Phi) is 16.9. The van der Waals surface area contributed by atoms with E-state index in [-0.39, 0.29) is 19.7 Å². The summed E-state index contributed by atoms with van der Waals surface area (Å²) in [5.41, 5.74) is 1.26. The van der Waals surface area contributed by atoms with Crippen LogP contribution in [-0.2, 0) is 9.05 Å². The highest BCUT2D eigenvalue weighted by atomic mass is 32.6. The Morgan fingerprint density at radius 3 is 2.18 bits per heavy atom. The lowest BCUT2D eigenvalue weighted by Crippen LogP contribution is -2.22. The van der Waals surface area contributed by atoms with Gasteiger partial charge in [0.2, 0.25) is 0 Å². The highest BCUT2D eigenvalue weighted by molar-refractivity contribution is 8.60. The van der Waals surface area contributed by atoms with Gasteiger partial charge in [-0.2, -0.15) is 0 Å². The van der Waals surface area contributed by atoms with E-state index in [1.54, 1.807) is 0 Å². The molecule has 0 aromatic carbocycles. The van der Waals surface area contributed by atoms with Crippen LogP contribution in [-0.4, -0.2) is 12.2 Å². The van der Waals surface area contributed by atoms with E-state index in [9.17, 15) is 0 Å². The number of allylic oxidation sites excluding steroid dienone is 3. The molecule has 0 fully saturated rings. The van der Waals surface area contributed by atoms with Gasteiger partial charge in [0, 0.05) is 0 Å². The first-order chi connectivity index (χ1) is 10.3. The molecule has 130 valence electrons. The fourth-order valence-electron chi connectivity index (χ4n) is 1.96. The molecule has 11 atom stereocenters. The molecule has 0 spiro atoms. The predicted octanol–water partition coefficient (Wildman–Crippen LogP) is 7.47. The maximum atomic E-state index is 6.26. The van der Waals surface area contributed by atoms with E-state index in [0.717, 1.165) is 22.3 Å². The summed E-state index contributed by atoms with van der Waals surface area (Å²) in [6.07, 6.45) is 7.88. The van der Waals surface area contributed by atoms with Crippen LogP contribution >= 0.6 is 66.7 Å². The van der Waals surface area contributed by atoms with Crippen LogP contribution in [0.1, 0.15) is 34.1 Å². The van der Waals surface area contributed by atoms with E-state index < -0.39 is 7.53 Å².